The Kier molecular flexibility index (Phi) is 3.50. The van der Waals surface area contributed by atoms with E-state index in [0.29, 0.717) is 23.3 Å². The SMILES string of the molecule is CCC(=O)c1ccc(Oc2ccc(C3(C)CC3)cc2)nc1. The summed E-state index contributed by atoms with van der Waals surface area (Å²) in [4.78, 5) is 15.7. The number of ketones is 1. The summed E-state index contributed by atoms with van der Waals surface area (Å²) in [5.74, 6) is 1.37. The molecular weight excluding hydrogens is 262 g/mol. The lowest BCUT2D eigenvalue weighted by Crippen LogP contribution is -1.99. The van der Waals surface area contributed by atoms with Crippen LogP contribution in [0.1, 0.15) is 49.0 Å². The van der Waals surface area contributed by atoms with Crippen molar-refractivity contribution in [2.75, 3.05) is 0 Å². The van der Waals surface area contributed by atoms with Gasteiger partial charge < -0.3 is 4.74 Å². The number of nitrogens with zero attached hydrogens (tertiary/aromatic N) is 1. The Hall–Kier alpha value is -2.16. The quantitative estimate of drug-likeness (QED) is 0.756. The van der Waals surface area contributed by atoms with Crippen molar-refractivity contribution in [2.24, 2.45) is 0 Å². The first-order valence-corrected chi connectivity index (χ1v) is 7.38. The van der Waals surface area contributed by atoms with E-state index in [1.54, 1.807) is 18.3 Å². The van der Waals surface area contributed by atoms with Gasteiger partial charge in [-0.15, -0.1) is 0 Å². The van der Waals surface area contributed by atoms with Crippen LogP contribution >= 0.6 is 0 Å². The monoisotopic (exact) mass is 281 g/mol. The van der Waals surface area contributed by atoms with Crippen molar-refractivity contribution in [3.05, 3.63) is 53.7 Å². The Balaban J connectivity index is 1.70. The number of ether oxygens (including phenoxy) is 1. The van der Waals surface area contributed by atoms with Crippen molar-refractivity contribution in [1.29, 1.82) is 0 Å². The maximum Gasteiger partial charge on any atom is 0.219 e. The molecule has 108 valence electrons. The van der Waals surface area contributed by atoms with Crippen molar-refractivity contribution in [3.63, 3.8) is 0 Å². The van der Waals surface area contributed by atoms with Crippen LogP contribution in [-0.2, 0) is 5.41 Å². The van der Waals surface area contributed by atoms with Gasteiger partial charge in [0.25, 0.3) is 0 Å². The number of carbonyl (C=O) groups excluding carboxylic acids is 1. The zero-order valence-corrected chi connectivity index (χ0v) is 12.4. The second-order valence-corrected chi connectivity index (χ2v) is 5.85. The minimum atomic E-state index is 0.0936. The van der Waals surface area contributed by atoms with Gasteiger partial charge in [-0.3, -0.25) is 4.79 Å². The molecule has 2 aromatic rings. The molecule has 21 heavy (non-hydrogen) atoms. The van der Waals surface area contributed by atoms with Gasteiger partial charge in [0.2, 0.25) is 5.88 Å². The van der Waals surface area contributed by atoms with Gasteiger partial charge in [0.15, 0.2) is 5.78 Å². The number of Topliss-reactive ketones (excluding diaryl/α,β-unsaturated/α-hetero) is 1. The molecule has 0 radical (unpaired) electrons. The topological polar surface area (TPSA) is 39.2 Å². The van der Waals surface area contributed by atoms with E-state index < -0.39 is 0 Å². The molecule has 3 rings (SSSR count). The predicted molar refractivity (Wildman–Crippen MR) is 82.0 cm³/mol. The van der Waals surface area contributed by atoms with E-state index in [0.717, 1.165) is 5.75 Å². The van der Waals surface area contributed by atoms with E-state index >= 15 is 0 Å². The highest BCUT2D eigenvalue weighted by atomic mass is 16.5. The van der Waals surface area contributed by atoms with E-state index in [9.17, 15) is 4.79 Å². The lowest BCUT2D eigenvalue weighted by Gasteiger charge is -2.10. The maximum absolute atomic E-state index is 11.5. The molecule has 1 saturated carbocycles. The van der Waals surface area contributed by atoms with Crippen molar-refractivity contribution in [3.8, 4) is 11.6 Å². The minimum absolute atomic E-state index is 0.0936. The van der Waals surface area contributed by atoms with Crippen molar-refractivity contribution < 1.29 is 9.53 Å². The average Bonchev–Trinajstić information content (AvgIpc) is 3.27. The number of hydrogen-bond donors (Lipinski definition) is 0. The summed E-state index contributed by atoms with van der Waals surface area (Å²) in [5, 5.41) is 0. The Labute approximate surface area is 125 Å². The van der Waals surface area contributed by atoms with E-state index in [4.69, 9.17) is 4.74 Å². The van der Waals surface area contributed by atoms with Crippen LogP contribution in [0.15, 0.2) is 42.6 Å². The van der Waals surface area contributed by atoms with E-state index in [1.165, 1.54) is 18.4 Å². The molecule has 1 aliphatic carbocycles. The highest BCUT2D eigenvalue weighted by Crippen LogP contribution is 2.47. The van der Waals surface area contributed by atoms with Gasteiger partial charge in [-0.25, -0.2) is 4.98 Å². The summed E-state index contributed by atoms with van der Waals surface area (Å²) < 4.78 is 5.71. The van der Waals surface area contributed by atoms with E-state index in [2.05, 4.69) is 24.0 Å². The fourth-order valence-electron chi connectivity index (χ4n) is 2.33. The number of hydrogen-bond acceptors (Lipinski definition) is 3. The Bertz CT molecular complexity index is 640. The number of benzene rings is 1. The zero-order chi connectivity index (χ0) is 14.9. The fourth-order valence-corrected chi connectivity index (χ4v) is 2.33. The molecule has 0 atom stereocenters. The molecule has 1 aromatic carbocycles. The molecule has 0 aliphatic heterocycles. The van der Waals surface area contributed by atoms with Gasteiger partial charge in [-0.05, 0) is 42.0 Å². The molecule has 3 nitrogen and oxygen atoms in total. The van der Waals surface area contributed by atoms with Crippen LogP contribution in [0.3, 0.4) is 0 Å². The first-order chi connectivity index (χ1) is 10.1. The third-order valence-electron chi connectivity index (χ3n) is 4.15. The van der Waals surface area contributed by atoms with Gasteiger partial charge in [0, 0.05) is 24.2 Å². The molecule has 0 bridgehead atoms. The predicted octanol–water partition coefficient (Wildman–Crippen LogP) is 4.52. The molecular formula is C18H19NO2. The molecule has 1 heterocycles. The van der Waals surface area contributed by atoms with Gasteiger partial charge in [0.1, 0.15) is 5.75 Å². The van der Waals surface area contributed by atoms with Crippen molar-refractivity contribution >= 4 is 5.78 Å². The summed E-state index contributed by atoms with van der Waals surface area (Å²) >= 11 is 0. The maximum atomic E-state index is 11.5. The molecule has 0 unspecified atom stereocenters. The van der Waals surface area contributed by atoms with Crippen molar-refractivity contribution in [2.45, 2.75) is 38.5 Å². The lowest BCUT2D eigenvalue weighted by molar-refractivity contribution is 0.0988. The smallest absolute Gasteiger partial charge is 0.219 e. The highest BCUT2D eigenvalue weighted by Gasteiger charge is 2.38. The van der Waals surface area contributed by atoms with Gasteiger partial charge in [-0.2, -0.15) is 0 Å². The fraction of sp³-hybridized carbons (Fsp3) is 0.333. The Morgan fingerprint density at radius 2 is 1.90 bits per heavy atom. The molecule has 1 aromatic heterocycles. The summed E-state index contributed by atoms with van der Waals surface area (Å²) in [7, 11) is 0. The van der Waals surface area contributed by atoms with E-state index in [-0.39, 0.29) is 5.78 Å². The Morgan fingerprint density at radius 1 is 1.19 bits per heavy atom. The largest absolute Gasteiger partial charge is 0.439 e. The second kappa shape index (κ2) is 5.32. The number of aromatic nitrogens is 1. The van der Waals surface area contributed by atoms with Crippen LogP contribution in [0.25, 0.3) is 0 Å². The number of pyridine rings is 1. The first-order valence-electron chi connectivity index (χ1n) is 7.38. The summed E-state index contributed by atoms with van der Waals surface area (Å²) in [5.41, 5.74) is 2.37. The van der Waals surface area contributed by atoms with Crippen LogP contribution in [0.5, 0.6) is 11.6 Å². The molecule has 0 spiro atoms. The molecule has 0 N–H and O–H groups in total. The summed E-state index contributed by atoms with van der Waals surface area (Å²) in [6.07, 6.45) is 4.59. The van der Waals surface area contributed by atoms with Crippen LogP contribution in [-0.4, -0.2) is 10.8 Å². The average molecular weight is 281 g/mol. The molecule has 1 fully saturated rings. The van der Waals surface area contributed by atoms with Crippen molar-refractivity contribution in [1.82, 2.24) is 4.98 Å². The third-order valence-corrected chi connectivity index (χ3v) is 4.15. The zero-order valence-electron chi connectivity index (χ0n) is 12.4. The van der Waals surface area contributed by atoms with Gasteiger partial charge >= 0.3 is 0 Å². The summed E-state index contributed by atoms with van der Waals surface area (Å²) in [6.45, 7) is 4.13. The Morgan fingerprint density at radius 3 is 2.43 bits per heavy atom. The van der Waals surface area contributed by atoms with Crippen LogP contribution in [0.4, 0.5) is 0 Å². The molecule has 3 heteroatoms. The van der Waals surface area contributed by atoms with Gasteiger partial charge in [-0.1, -0.05) is 26.0 Å². The summed E-state index contributed by atoms with van der Waals surface area (Å²) in [6, 6.07) is 11.7. The number of carbonyl (C=O) groups is 1. The minimum Gasteiger partial charge on any atom is -0.439 e. The van der Waals surface area contributed by atoms with Gasteiger partial charge in [0.05, 0.1) is 0 Å². The highest BCUT2D eigenvalue weighted by molar-refractivity contribution is 5.95. The molecule has 0 amide bonds. The number of rotatable bonds is 5. The normalized spacial score (nSPS) is 15.5. The van der Waals surface area contributed by atoms with Crippen LogP contribution < -0.4 is 4.74 Å². The second-order valence-electron chi connectivity index (χ2n) is 5.85. The van der Waals surface area contributed by atoms with E-state index in [1.807, 2.05) is 19.1 Å². The van der Waals surface area contributed by atoms with Crippen LogP contribution in [0, 0.1) is 0 Å². The standard InChI is InChI=1S/C18H19NO2/c1-3-16(20)13-4-9-17(19-12-13)21-15-7-5-14(6-8-15)18(2)10-11-18/h4-9,12H,3,10-11H2,1-2H3. The third kappa shape index (κ3) is 2.97. The molecule has 1 aliphatic rings. The first kappa shape index (κ1) is 13.8. The lowest BCUT2D eigenvalue weighted by atomic mass is 9.99. The molecule has 0 saturated heterocycles. The van der Waals surface area contributed by atoms with Crippen LogP contribution in [0.2, 0.25) is 0 Å².